The molecule has 0 nitrogen and oxygen atoms in total. The minimum absolute atomic E-state index is 0.657. The smallest absolute Gasteiger partial charge is 0.0269 e. The Morgan fingerprint density at radius 1 is 0.636 bits per heavy atom. The summed E-state index contributed by atoms with van der Waals surface area (Å²) in [6.07, 6.45) is 25.6. The largest absolute Gasteiger partial charge is 0.0654 e. The number of unbranched alkanes of at least 4 members (excludes halogenated alkanes) is 1. The van der Waals surface area contributed by atoms with E-state index in [0.29, 0.717) is 5.41 Å². The van der Waals surface area contributed by atoms with Crippen molar-refractivity contribution in [1.82, 2.24) is 0 Å². The van der Waals surface area contributed by atoms with Gasteiger partial charge in [-0.2, -0.15) is 0 Å². The SMILES string of the molecule is CCCCC(C)(C1CCCCCCC1)C1CCCCCCC1. The molecule has 0 unspecified atom stereocenters. The van der Waals surface area contributed by atoms with Crippen molar-refractivity contribution < 1.29 is 0 Å². The van der Waals surface area contributed by atoms with Crippen LogP contribution in [0.5, 0.6) is 0 Å². The van der Waals surface area contributed by atoms with Crippen LogP contribution in [0.15, 0.2) is 0 Å². The van der Waals surface area contributed by atoms with E-state index in [9.17, 15) is 0 Å². The van der Waals surface area contributed by atoms with Gasteiger partial charge in [-0.15, -0.1) is 0 Å². The van der Waals surface area contributed by atoms with Gasteiger partial charge in [-0.3, -0.25) is 0 Å². The molecular weight excluding hydrogens is 264 g/mol. The number of hydrogen-bond acceptors (Lipinski definition) is 0. The van der Waals surface area contributed by atoms with Gasteiger partial charge in [0.2, 0.25) is 0 Å². The third kappa shape index (κ3) is 5.27. The first kappa shape index (κ1) is 18.3. The van der Waals surface area contributed by atoms with Gasteiger partial charge in [0.15, 0.2) is 0 Å². The van der Waals surface area contributed by atoms with Crippen molar-refractivity contribution in [3.63, 3.8) is 0 Å². The predicted octanol–water partition coefficient (Wildman–Crippen LogP) is 7.90. The zero-order chi connectivity index (χ0) is 15.7. The van der Waals surface area contributed by atoms with E-state index in [2.05, 4.69) is 13.8 Å². The molecule has 0 spiro atoms. The van der Waals surface area contributed by atoms with Crippen molar-refractivity contribution in [2.24, 2.45) is 17.3 Å². The third-order valence-corrected chi connectivity index (χ3v) is 7.14. The molecule has 0 atom stereocenters. The number of hydrogen-bond donors (Lipinski definition) is 0. The standard InChI is InChI=1S/C22H42/c1-3-4-19-22(2,20-15-11-7-5-8-12-16-20)21-17-13-9-6-10-14-18-21/h20-21H,3-19H2,1-2H3. The molecule has 2 saturated carbocycles. The zero-order valence-corrected chi connectivity index (χ0v) is 15.7. The fourth-order valence-electron chi connectivity index (χ4n) is 5.53. The molecule has 0 radical (unpaired) electrons. The zero-order valence-electron chi connectivity index (χ0n) is 15.7. The molecule has 0 aliphatic heterocycles. The van der Waals surface area contributed by atoms with E-state index < -0.39 is 0 Å². The van der Waals surface area contributed by atoms with Gasteiger partial charge in [-0.05, 0) is 49.4 Å². The van der Waals surface area contributed by atoms with Gasteiger partial charge < -0.3 is 0 Å². The number of rotatable bonds is 5. The second kappa shape index (κ2) is 9.99. The third-order valence-electron chi connectivity index (χ3n) is 7.14. The predicted molar refractivity (Wildman–Crippen MR) is 99.3 cm³/mol. The lowest BCUT2D eigenvalue weighted by molar-refractivity contribution is 0.0411. The lowest BCUT2D eigenvalue weighted by Crippen LogP contribution is -2.36. The Labute approximate surface area is 140 Å². The van der Waals surface area contributed by atoms with Crippen molar-refractivity contribution in [1.29, 1.82) is 0 Å². The Hall–Kier alpha value is 0. The topological polar surface area (TPSA) is 0 Å². The Morgan fingerprint density at radius 2 is 1.00 bits per heavy atom. The summed E-state index contributed by atoms with van der Waals surface area (Å²) in [5, 5.41) is 0. The summed E-state index contributed by atoms with van der Waals surface area (Å²) >= 11 is 0. The normalized spacial score (nSPS) is 24.3. The van der Waals surface area contributed by atoms with Gasteiger partial charge in [0.05, 0.1) is 0 Å². The van der Waals surface area contributed by atoms with Crippen LogP contribution in [0.2, 0.25) is 0 Å². The maximum absolute atomic E-state index is 2.72. The molecule has 2 aliphatic carbocycles. The minimum Gasteiger partial charge on any atom is -0.0654 e. The van der Waals surface area contributed by atoms with E-state index in [-0.39, 0.29) is 0 Å². The Bertz CT molecular complexity index is 242. The van der Waals surface area contributed by atoms with Gasteiger partial charge >= 0.3 is 0 Å². The van der Waals surface area contributed by atoms with Crippen LogP contribution in [0.4, 0.5) is 0 Å². The average Bonchev–Trinajstić information content (AvgIpc) is 2.44. The molecule has 0 heterocycles. The average molecular weight is 307 g/mol. The highest BCUT2D eigenvalue weighted by molar-refractivity contribution is 4.90. The molecular formula is C22H42. The molecule has 0 heteroatoms. The Kier molecular flexibility index (Phi) is 8.33. The fraction of sp³-hybridized carbons (Fsp3) is 1.00. The molecule has 0 saturated heterocycles. The highest BCUT2D eigenvalue weighted by atomic mass is 14.4. The maximum atomic E-state index is 2.72. The lowest BCUT2D eigenvalue weighted by Gasteiger charge is -2.46. The van der Waals surface area contributed by atoms with Crippen LogP contribution >= 0.6 is 0 Å². The molecule has 0 aromatic rings. The second-order valence-electron chi connectivity index (χ2n) is 8.69. The van der Waals surface area contributed by atoms with Crippen molar-refractivity contribution in [2.45, 2.75) is 123 Å². The summed E-state index contributed by atoms with van der Waals surface area (Å²) in [6, 6.07) is 0. The first-order chi connectivity index (χ1) is 10.8. The monoisotopic (exact) mass is 306 g/mol. The highest BCUT2D eigenvalue weighted by Gasteiger charge is 2.39. The molecule has 0 N–H and O–H groups in total. The first-order valence-corrected chi connectivity index (χ1v) is 10.8. The summed E-state index contributed by atoms with van der Waals surface area (Å²) < 4.78 is 0. The Balaban J connectivity index is 2.08. The van der Waals surface area contributed by atoms with E-state index in [1.807, 2.05) is 0 Å². The van der Waals surface area contributed by atoms with E-state index in [0.717, 1.165) is 11.8 Å². The van der Waals surface area contributed by atoms with Gasteiger partial charge in [-0.1, -0.05) is 90.9 Å². The second-order valence-corrected chi connectivity index (χ2v) is 8.69. The molecule has 2 rings (SSSR count). The molecule has 22 heavy (non-hydrogen) atoms. The fourth-order valence-corrected chi connectivity index (χ4v) is 5.53. The molecule has 0 amide bonds. The summed E-state index contributed by atoms with van der Waals surface area (Å²) in [6.45, 7) is 5.11. The summed E-state index contributed by atoms with van der Waals surface area (Å²) in [7, 11) is 0. The first-order valence-electron chi connectivity index (χ1n) is 10.8. The summed E-state index contributed by atoms with van der Waals surface area (Å²) in [5.41, 5.74) is 0.657. The van der Waals surface area contributed by atoms with Gasteiger partial charge in [-0.25, -0.2) is 0 Å². The van der Waals surface area contributed by atoms with E-state index in [4.69, 9.17) is 0 Å². The summed E-state index contributed by atoms with van der Waals surface area (Å²) in [5.74, 6) is 2.06. The van der Waals surface area contributed by atoms with Crippen molar-refractivity contribution in [3.8, 4) is 0 Å². The van der Waals surface area contributed by atoms with E-state index >= 15 is 0 Å². The molecule has 130 valence electrons. The molecule has 0 aromatic heterocycles. The Morgan fingerprint density at radius 3 is 1.36 bits per heavy atom. The van der Waals surface area contributed by atoms with Crippen molar-refractivity contribution >= 4 is 0 Å². The molecule has 0 bridgehead atoms. The van der Waals surface area contributed by atoms with Gasteiger partial charge in [0.25, 0.3) is 0 Å². The van der Waals surface area contributed by atoms with Crippen LogP contribution in [-0.2, 0) is 0 Å². The van der Waals surface area contributed by atoms with Crippen molar-refractivity contribution in [2.75, 3.05) is 0 Å². The van der Waals surface area contributed by atoms with E-state index in [1.165, 1.54) is 109 Å². The minimum atomic E-state index is 0.657. The van der Waals surface area contributed by atoms with Crippen LogP contribution in [0.3, 0.4) is 0 Å². The van der Waals surface area contributed by atoms with Crippen LogP contribution in [0.1, 0.15) is 123 Å². The van der Waals surface area contributed by atoms with E-state index in [1.54, 1.807) is 0 Å². The molecule has 0 aromatic carbocycles. The van der Waals surface area contributed by atoms with Crippen LogP contribution < -0.4 is 0 Å². The van der Waals surface area contributed by atoms with Crippen LogP contribution in [0.25, 0.3) is 0 Å². The highest BCUT2D eigenvalue weighted by Crippen LogP contribution is 2.50. The summed E-state index contributed by atoms with van der Waals surface area (Å²) in [4.78, 5) is 0. The lowest BCUT2D eigenvalue weighted by atomic mass is 9.59. The van der Waals surface area contributed by atoms with Crippen molar-refractivity contribution in [3.05, 3.63) is 0 Å². The molecule has 2 aliphatic rings. The maximum Gasteiger partial charge on any atom is -0.0269 e. The molecule has 2 fully saturated rings. The van der Waals surface area contributed by atoms with Gasteiger partial charge in [0.1, 0.15) is 0 Å². The van der Waals surface area contributed by atoms with Crippen LogP contribution in [0, 0.1) is 17.3 Å². The van der Waals surface area contributed by atoms with Gasteiger partial charge in [0, 0.05) is 0 Å². The quantitative estimate of drug-likeness (QED) is 0.484. The van der Waals surface area contributed by atoms with Crippen LogP contribution in [-0.4, -0.2) is 0 Å².